The number of rotatable bonds is 3. The van der Waals surface area contributed by atoms with E-state index in [4.69, 9.17) is 0 Å². The number of aryl methyl sites for hydroxylation is 8. The summed E-state index contributed by atoms with van der Waals surface area (Å²) >= 11 is 0. The molecule has 7 aromatic carbocycles. The SMILES string of the molecule is c1ccc2c(c1)c1ccccc1n2-c1cc2c3c(c1)N(c1ccc4c(c1)CCCCC4)c1cc4c(cc1B3c1cc3c(cc1N2c1ccc2c(c1)CCCCC2)CCCCC3)CCCCC4. The van der Waals surface area contributed by atoms with Crippen LogP contribution >= 0.6 is 0 Å². The molecule has 0 bridgehead atoms. The number of nitrogens with zero attached hydrogens (tertiary/aromatic N) is 3. The summed E-state index contributed by atoms with van der Waals surface area (Å²) in [6.45, 7) is 0.128. The van der Waals surface area contributed by atoms with Gasteiger partial charge < -0.3 is 14.4 Å². The molecule has 0 atom stereocenters. The lowest BCUT2D eigenvalue weighted by atomic mass is 9.33. The molecule has 14 rings (SSSR count). The lowest BCUT2D eigenvalue weighted by Crippen LogP contribution is -2.61. The number of benzene rings is 7. The zero-order valence-corrected chi connectivity index (χ0v) is 38.6. The second-order valence-corrected chi connectivity index (χ2v) is 20.9. The first-order valence-electron chi connectivity index (χ1n) is 26.1. The first-order valence-corrected chi connectivity index (χ1v) is 26.1. The van der Waals surface area contributed by atoms with E-state index in [1.807, 2.05) is 0 Å². The summed E-state index contributed by atoms with van der Waals surface area (Å²) in [7, 11) is 0. The molecule has 0 saturated carbocycles. The van der Waals surface area contributed by atoms with Crippen LogP contribution in [0.25, 0.3) is 27.5 Å². The van der Waals surface area contributed by atoms with E-state index in [1.165, 1.54) is 206 Å². The van der Waals surface area contributed by atoms with Crippen molar-refractivity contribution in [1.82, 2.24) is 4.57 Å². The van der Waals surface area contributed by atoms with Crippen LogP contribution in [-0.4, -0.2) is 11.3 Å². The fourth-order valence-corrected chi connectivity index (χ4v) is 13.8. The average molecular weight is 858 g/mol. The second-order valence-electron chi connectivity index (χ2n) is 20.9. The Kier molecular flexibility index (Phi) is 9.40. The van der Waals surface area contributed by atoms with E-state index in [1.54, 1.807) is 44.5 Å². The van der Waals surface area contributed by atoms with Crippen LogP contribution in [0.3, 0.4) is 0 Å². The van der Waals surface area contributed by atoms with Gasteiger partial charge in [-0.25, -0.2) is 0 Å². The van der Waals surface area contributed by atoms with Gasteiger partial charge in [-0.15, -0.1) is 0 Å². The van der Waals surface area contributed by atoms with Gasteiger partial charge >= 0.3 is 0 Å². The molecule has 3 heterocycles. The Balaban J connectivity index is 1.12. The Morgan fingerprint density at radius 2 is 0.682 bits per heavy atom. The summed E-state index contributed by atoms with van der Waals surface area (Å²) in [5, 5.41) is 2.62. The molecule has 2 aliphatic heterocycles. The van der Waals surface area contributed by atoms with Gasteiger partial charge in [0.1, 0.15) is 0 Å². The van der Waals surface area contributed by atoms with Crippen LogP contribution in [0.5, 0.6) is 0 Å². The first kappa shape index (κ1) is 39.2. The standard InChI is InChI=1S/C62H60BN3/c1-5-17-41-29-31-49(33-43(41)19-7-1)64-58-37-47-23-11-3-9-21-45(47)35-54(58)63-55-36-46-22-10-4-12-24-48(46)38-59(55)65(50-32-30-42-18-6-2-8-20-44(42)34-50)61-40-51(39-60(64)62(61)63)66-56-27-15-13-25-52(56)53-26-14-16-28-57(53)66/h13-16,25-40H,1-12,17-24H2. The third-order valence-electron chi connectivity index (χ3n) is 17.0. The van der Waals surface area contributed by atoms with Gasteiger partial charge in [-0.3, -0.25) is 0 Å². The largest absolute Gasteiger partial charge is 0.311 e. The van der Waals surface area contributed by atoms with Crippen LogP contribution in [0.2, 0.25) is 0 Å². The zero-order valence-electron chi connectivity index (χ0n) is 38.6. The maximum absolute atomic E-state index is 2.75. The monoisotopic (exact) mass is 857 g/mol. The van der Waals surface area contributed by atoms with E-state index in [0.717, 1.165) is 0 Å². The number of hydrogen-bond donors (Lipinski definition) is 0. The molecule has 0 N–H and O–H groups in total. The molecule has 0 amide bonds. The van der Waals surface area contributed by atoms with E-state index in [0.29, 0.717) is 0 Å². The van der Waals surface area contributed by atoms with E-state index in [2.05, 4.69) is 136 Å². The molecule has 4 heteroatoms. The van der Waals surface area contributed by atoms with Crippen LogP contribution < -0.4 is 26.2 Å². The summed E-state index contributed by atoms with van der Waals surface area (Å²) in [6, 6.07) is 49.4. The molecule has 0 saturated heterocycles. The predicted octanol–water partition coefficient (Wildman–Crippen LogP) is 13.9. The maximum atomic E-state index is 2.75. The van der Waals surface area contributed by atoms with Crippen LogP contribution in [0.1, 0.15) is 122 Å². The highest BCUT2D eigenvalue weighted by atomic mass is 15.2. The van der Waals surface area contributed by atoms with Gasteiger partial charge in [0, 0.05) is 44.9 Å². The minimum atomic E-state index is 0.128. The first-order chi connectivity index (χ1) is 32.7. The van der Waals surface area contributed by atoms with Gasteiger partial charge in [0.2, 0.25) is 0 Å². The lowest BCUT2D eigenvalue weighted by Gasteiger charge is -2.45. The number of anilines is 6. The Morgan fingerprint density at radius 3 is 1.12 bits per heavy atom. The maximum Gasteiger partial charge on any atom is 0.252 e. The summed E-state index contributed by atoms with van der Waals surface area (Å²) in [5.41, 5.74) is 28.8. The molecule has 326 valence electrons. The van der Waals surface area contributed by atoms with Crippen LogP contribution in [0.15, 0.2) is 121 Å². The minimum absolute atomic E-state index is 0.128. The van der Waals surface area contributed by atoms with Gasteiger partial charge in [0.15, 0.2) is 0 Å². The third-order valence-corrected chi connectivity index (χ3v) is 17.0. The number of aromatic nitrogens is 1. The highest BCUT2D eigenvalue weighted by molar-refractivity contribution is 7.00. The smallest absolute Gasteiger partial charge is 0.252 e. The van der Waals surface area contributed by atoms with E-state index < -0.39 is 0 Å². The van der Waals surface area contributed by atoms with Gasteiger partial charge in [-0.1, -0.05) is 86.3 Å². The third kappa shape index (κ3) is 6.23. The highest BCUT2D eigenvalue weighted by Gasteiger charge is 2.45. The molecule has 0 fully saturated rings. The molecule has 0 spiro atoms. The van der Waals surface area contributed by atoms with Crippen molar-refractivity contribution in [1.29, 1.82) is 0 Å². The van der Waals surface area contributed by atoms with E-state index in [-0.39, 0.29) is 6.71 Å². The van der Waals surface area contributed by atoms with Crippen LogP contribution in [-0.2, 0) is 51.4 Å². The van der Waals surface area contributed by atoms with Gasteiger partial charge in [0.25, 0.3) is 6.71 Å². The van der Waals surface area contributed by atoms with Gasteiger partial charge in [-0.2, -0.15) is 0 Å². The van der Waals surface area contributed by atoms with E-state index in [9.17, 15) is 0 Å². The fourth-order valence-electron chi connectivity index (χ4n) is 13.8. The second kappa shape index (κ2) is 15.8. The van der Waals surface area contributed by atoms with Crippen molar-refractivity contribution in [3.05, 3.63) is 166 Å². The number of fused-ring (bicyclic) bond motifs is 11. The van der Waals surface area contributed by atoms with Crippen molar-refractivity contribution in [2.75, 3.05) is 9.80 Å². The average Bonchev–Trinajstić information content (AvgIpc) is 3.78. The molecule has 6 aliphatic rings. The Bertz CT molecular complexity index is 3050. The highest BCUT2D eigenvalue weighted by Crippen LogP contribution is 2.48. The Labute approximate surface area is 391 Å². The van der Waals surface area contributed by atoms with Crippen LogP contribution in [0, 0.1) is 0 Å². The number of para-hydroxylation sites is 2. The molecule has 4 aliphatic carbocycles. The molecular weight excluding hydrogens is 798 g/mol. The summed E-state index contributed by atoms with van der Waals surface area (Å²) in [4.78, 5) is 5.50. The van der Waals surface area contributed by atoms with Gasteiger partial charge in [0.05, 0.1) is 16.7 Å². The fraction of sp³-hybridized carbons (Fsp3) is 0.323. The van der Waals surface area contributed by atoms with Crippen molar-refractivity contribution >= 4 is 79.0 Å². The summed E-state index contributed by atoms with van der Waals surface area (Å²) < 4.78 is 2.58. The Morgan fingerprint density at radius 1 is 0.303 bits per heavy atom. The van der Waals surface area contributed by atoms with Crippen molar-refractivity contribution in [2.45, 2.75) is 128 Å². The molecule has 8 aromatic rings. The summed E-state index contributed by atoms with van der Waals surface area (Å²) in [5.74, 6) is 0. The quantitative estimate of drug-likeness (QED) is 0.130. The summed E-state index contributed by atoms with van der Waals surface area (Å²) in [6.07, 6.45) is 24.9. The van der Waals surface area contributed by atoms with Crippen molar-refractivity contribution in [2.24, 2.45) is 0 Å². The molecule has 66 heavy (non-hydrogen) atoms. The molecule has 1 aromatic heterocycles. The van der Waals surface area contributed by atoms with Crippen LogP contribution in [0.4, 0.5) is 34.1 Å². The topological polar surface area (TPSA) is 11.4 Å². The lowest BCUT2D eigenvalue weighted by molar-refractivity contribution is 0.711. The number of hydrogen-bond acceptors (Lipinski definition) is 2. The zero-order chi connectivity index (χ0) is 43.3. The Hall–Kier alpha value is -6.00. The van der Waals surface area contributed by atoms with Gasteiger partial charge in [-0.05, 0) is 224 Å². The van der Waals surface area contributed by atoms with E-state index >= 15 is 0 Å². The van der Waals surface area contributed by atoms with Crippen molar-refractivity contribution in [3.63, 3.8) is 0 Å². The molecule has 0 radical (unpaired) electrons. The molecule has 3 nitrogen and oxygen atoms in total. The minimum Gasteiger partial charge on any atom is -0.311 e. The predicted molar refractivity (Wildman–Crippen MR) is 280 cm³/mol. The normalized spacial score (nSPS) is 17.6. The van der Waals surface area contributed by atoms with Crippen molar-refractivity contribution < 1.29 is 0 Å². The van der Waals surface area contributed by atoms with Crippen molar-refractivity contribution in [3.8, 4) is 5.69 Å². The molecule has 0 unspecified atom stereocenters. The molecular formula is C62H60BN3.